The minimum Gasteiger partial charge on any atom is -0.505 e. The largest absolute Gasteiger partial charge is 0.505 e. The van der Waals surface area contributed by atoms with E-state index in [1.165, 1.54) is 6.42 Å². The van der Waals surface area contributed by atoms with E-state index >= 15 is 0 Å². The van der Waals surface area contributed by atoms with Crippen molar-refractivity contribution in [2.24, 2.45) is 5.41 Å². The van der Waals surface area contributed by atoms with Crippen LogP contribution in [0.15, 0.2) is 0 Å². The lowest BCUT2D eigenvalue weighted by Gasteiger charge is -2.25. The Bertz CT molecular complexity index is 541. The van der Waals surface area contributed by atoms with Crippen LogP contribution in [-0.2, 0) is 6.54 Å². The highest BCUT2D eigenvalue weighted by atomic mass is 16.3. The number of nitriles is 1. The van der Waals surface area contributed by atoms with Gasteiger partial charge >= 0.3 is 0 Å². The molecule has 21 heavy (non-hydrogen) atoms. The summed E-state index contributed by atoms with van der Waals surface area (Å²) in [5.41, 5.74) is 0.945. The van der Waals surface area contributed by atoms with E-state index in [-0.39, 0.29) is 28.5 Å². The monoisotopic (exact) mass is 290 g/mol. The molecule has 116 valence electrons. The van der Waals surface area contributed by atoms with Crippen LogP contribution in [0.2, 0.25) is 0 Å². The maximum Gasteiger partial charge on any atom is 0.213 e. The van der Waals surface area contributed by atoms with E-state index in [0.29, 0.717) is 6.54 Å². The van der Waals surface area contributed by atoms with Gasteiger partial charge in [0.2, 0.25) is 5.88 Å². The first kappa shape index (κ1) is 15.8. The van der Waals surface area contributed by atoms with Crippen molar-refractivity contribution in [3.8, 4) is 17.7 Å². The third kappa shape index (κ3) is 3.34. The molecule has 1 fully saturated rings. The smallest absolute Gasteiger partial charge is 0.213 e. The summed E-state index contributed by atoms with van der Waals surface area (Å²) < 4.78 is 1.77. The number of hydrogen-bond donors (Lipinski definition) is 2. The van der Waals surface area contributed by atoms with E-state index in [9.17, 15) is 15.5 Å². The van der Waals surface area contributed by atoms with Gasteiger partial charge in [-0.05, 0) is 24.7 Å². The third-order valence-corrected chi connectivity index (χ3v) is 4.44. The van der Waals surface area contributed by atoms with Gasteiger partial charge in [-0.1, -0.05) is 40.0 Å². The Morgan fingerprint density at radius 2 is 1.81 bits per heavy atom. The van der Waals surface area contributed by atoms with Crippen LogP contribution in [0.25, 0.3) is 0 Å². The number of hydrogen-bond acceptors (Lipinski definition) is 3. The summed E-state index contributed by atoms with van der Waals surface area (Å²) in [5.74, 6) is 0.183. The topological polar surface area (TPSA) is 69.2 Å². The Balaban J connectivity index is 2.38. The minimum atomic E-state index is -0.0696. The lowest BCUT2D eigenvalue weighted by molar-refractivity contribution is 0.318. The van der Waals surface area contributed by atoms with Gasteiger partial charge in [0.25, 0.3) is 0 Å². The molecule has 1 aliphatic rings. The van der Waals surface area contributed by atoms with Gasteiger partial charge in [-0.2, -0.15) is 5.26 Å². The Labute approximate surface area is 127 Å². The Morgan fingerprint density at radius 1 is 1.19 bits per heavy atom. The normalized spacial score (nSPS) is 16.9. The van der Waals surface area contributed by atoms with E-state index in [2.05, 4.69) is 20.8 Å². The highest BCUT2D eigenvalue weighted by Crippen LogP contribution is 2.44. The second-order valence-corrected chi connectivity index (χ2v) is 7.34. The average molecular weight is 290 g/mol. The summed E-state index contributed by atoms with van der Waals surface area (Å²) in [6.45, 7) is 7.09. The first-order valence-electron chi connectivity index (χ1n) is 7.89. The molecule has 1 heterocycles. The lowest BCUT2D eigenvalue weighted by Crippen LogP contribution is -2.15. The summed E-state index contributed by atoms with van der Waals surface area (Å²) >= 11 is 0. The molecule has 4 heteroatoms. The van der Waals surface area contributed by atoms with Gasteiger partial charge in [0.15, 0.2) is 11.3 Å². The number of aromatic hydroxyl groups is 2. The summed E-state index contributed by atoms with van der Waals surface area (Å²) in [5, 5.41) is 29.8. The predicted octanol–water partition coefficient (Wildman–Crippen LogP) is 4.25. The van der Waals surface area contributed by atoms with Crippen molar-refractivity contribution >= 4 is 0 Å². The fraction of sp³-hybridized carbons (Fsp3) is 0.706. The summed E-state index contributed by atoms with van der Waals surface area (Å²) in [6, 6.07) is 1.94. The molecular weight excluding hydrogens is 264 g/mol. The molecule has 2 rings (SSSR count). The summed E-state index contributed by atoms with van der Waals surface area (Å²) in [7, 11) is 0. The van der Waals surface area contributed by atoms with Crippen molar-refractivity contribution in [1.29, 1.82) is 5.26 Å². The Kier molecular flexibility index (Phi) is 4.51. The van der Waals surface area contributed by atoms with Gasteiger partial charge in [0.05, 0.1) is 5.69 Å². The quantitative estimate of drug-likeness (QED) is 0.874. The minimum absolute atomic E-state index is 0.00388. The third-order valence-electron chi connectivity index (χ3n) is 4.44. The maximum atomic E-state index is 10.4. The first-order valence-corrected chi connectivity index (χ1v) is 7.89. The van der Waals surface area contributed by atoms with E-state index in [1.54, 1.807) is 4.57 Å². The van der Waals surface area contributed by atoms with Crippen LogP contribution >= 0.6 is 0 Å². The van der Waals surface area contributed by atoms with Crippen molar-refractivity contribution in [1.82, 2.24) is 4.57 Å². The molecule has 0 spiro atoms. The van der Waals surface area contributed by atoms with Gasteiger partial charge in [-0.25, -0.2) is 0 Å². The molecule has 4 nitrogen and oxygen atoms in total. The average Bonchev–Trinajstić information content (AvgIpc) is 2.67. The van der Waals surface area contributed by atoms with Gasteiger partial charge in [0, 0.05) is 12.5 Å². The van der Waals surface area contributed by atoms with Crippen LogP contribution < -0.4 is 0 Å². The predicted molar refractivity (Wildman–Crippen MR) is 82.4 cm³/mol. The highest BCUT2D eigenvalue weighted by molar-refractivity contribution is 5.55. The van der Waals surface area contributed by atoms with Gasteiger partial charge < -0.3 is 14.8 Å². The molecule has 1 saturated carbocycles. The molecule has 0 unspecified atom stereocenters. The zero-order valence-corrected chi connectivity index (χ0v) is 13.3. The van der Waals surface area contributed by atoms with Gasteiger partial charge in [-0.15, -0.1) is 0 Å². The standard InChI is InChI=1S/C17H26N2O2/c1-17(2,3)9-10-19-14(12-7-5-4-6-8-12)15(20)13(11-18)16(19)21/h12,20-21H,4-10H2,1-3H3. The van der Waals surface area contributed by atoms with Crippen molar-refractivity contribution in [2.75, 3.05) is 0 Å². The molecule has 0 aromatic carbocycles. The lowest BCUT2D eigenvalue weighted by atomic mass is 9.86. The molecule has 0 atom stereocenters. The molecule has 2 N–H and O–H groups in total. The maximum absolute atomic E-state index is 10.4. The summed E-state index contributed by atoms with van der Waals surface area (Å²) in [4.78, 5) is 0. The summed E-state index contributed by atoms with van der Waals surface area (Å²) in [6.07, 6.45) is 6.47. The van der Waals surface area contributed by atoms with Crippen molar-refractivity contribution in [3.63, 3.8) is 0 Å². The number of aromatic nitrogens is 1. The first-order chi connectivity index (χ1) is 9.85. The zero-order chi connectivity index (χ0) is 15.6. The van der Waals surface area contributed by atoms with Crippen LogP contribution in [0, 0.1) is 16.7 Å². The number of rotatable bonds is 3. The second-order valence-electron chi connectivity index (χ2n) is 7.34. The Morgan fingerprint density at radius 3 is 2.33 bits per heavy atom. The van der Waals surface area contributed by atoms with Crippen LogP contribution in [0.3, 0.4) is 0 Å². The molecule has 0 saturated heterocycles. The number of nitrogens with zero attached hydrogens (tertiary/aromatic N) is 2. The van der Waals surface area contributed by atoms with Gasteiger partial charge in [0.1, 0.15) is 6.07 Å². The fourth-order valence-electron chi connectivity index (χ4n) is 3.18. The molecule has 0 amide bonds. The Hall–Kier alpha value is -1.63. The molecule has 0 radical (unpaired) electrons. The van der Waals surface area contributed by atoms with Crippen LogP contribution in [-0.4, -0.2) is 14.8 Å². The van der Waals surface area contributed by atoms with Crippen LogP contribution in [0.4, 0.5) is 0 Å². The van der Waals surface area contributed by atoms with Crippen molar-refractivity contribution in [2.45, 2.75) is 71.8 Å². The van der Waals surface area contributed by atoms with E-state index in [4.69, 9.17) is 0 Å². The van der Waals surface area contributed by atoms with Crippen molar-refractivity contribution < 1.29 is 10.2 Å². The van der Waals surface area contributed by atoms with E-state index < -0.39 is 0 Å². The van der Waals surface area contributed by atoms with E-state index in [0.717, 1.165) is 37.8 Å². The van der Waals surface area contributed by atoms with Crippen LogP contribution in [0.1, 0.15) is 76.5 Å². The zero-order valence-electron chi connectivity index (χ0n) is 13.3. The van der Waals surface area contributed by atoms with Gasteiger partial charge in [-0.3, -0.25) is 0 Å². The highest BCUT2D eigenvalue weighted by Gasteiger charge is 2.29. The molecule has 1 aromatic rings. The van der Waals surface area contributed by atoms with E-state index in [1.807, 2.05) is 6.07 Å². The SMILES string of the molecule is CC(C)(C)CCn1c(O)c(C#N)c(O)c1C1CCCCC1. The second kappa shape index (κ2) is 6.01. The van der Waals surface area contributed by atoms with Crippen molar-refractivity contribution in [3.05, 3.63) is 11.3 Å². The molecule has 1 aliphatic carbocycles. The molecular formula is C17H26N2O2. The molecule has 1 aromatic heterocycles. The molecule has 0 bridgehead atoms. The molecule has 0 aliphatic heterocycles. The fourth-order valence-corrected chi connectivity index (χ4v) is 3.18. The van der Waals surface area contributed by atoms with Crippen LogP contribution in [0.5, 0.6) is 11.6 Å².